The summed E-state index contributed by atoms with van der Waals surface area (Å²) in [6, 6.07) is 9.13. The zero-order valence-electron chi connectivity index (χ0n) is 18.2. The van der Waals surface area contributed by atoms with Crippen molar-refractivity contribution in [2.75, 3.05) is 37.3 Å². The van der Waals surface area contributed by atoms with E-state index in [1.165, 1.54) is 12.1 Å². The Kier molecular flexibility index (Phi) is 5.26. The van der Waals surface area contributed by atoms with Crippen molar-refractivity contribution in [1.82, 2.24) is 14.5 Å². The maximum atomic E-state index is 13.6. The van der Waals surface area contributed by atoms with Crippen molar-refractivity contribution in [2.24, 2.45) is 0 Å². The lowest BCUT2D eigenvalue weighted by atomic mass is 9.97. The van der Waals surface area contributed by atoms with Crippen molar-refractivity contribution in [2.45, 2.75) is 37.8 Å². The van der Waals surface area contributed by atoms with Gasteiger partial charge in [0.25, 0.3) is 0 Å². The van der Waals surface area contributed by atoms with Crippen LogP contribution in [-0.4, -0.2) is 52.9 Å². The molecule has 0 spiro atoms. The van der Waals surface area contributed by atoms with E-state index in [1.807, 2.05) is 16.7 Å². The van der Waals surface area contributed by atoms with Gasteiger partial charge in [-0.3, -0.25) is 4.57 Å². The molecule has 0 saturated carbocycles. The SMILES string of the molecule is Cc1cc2c(N3CCN(C)CC3C)nc(=O)n3c2c(c1-c1ccc(F)cc1)SCCC3. The van der Waals surface area contributed by atoms with Crippen LogP contribution in [0.15, 0.2) is 40.0 Å². The minimum atomic E-state index is -0.242. The molecule has 7 heteroatoms. The molecular formula is C24H27FN4OS. The molecule has 5 nitrogen and oxygen atoms in total. The quantitative estimate of drug-likeness (QED) is 0.601. The first-order valence-corrected chi connectivity index (χ1v) is 11.8. The highest BCUT2D eigenvalue weighted by Crippen LogP contribution is 2.43. The van der Waals surface area contributed by atoms with E-state index in [2.05, 4.69) is 41.7 Å². The monoisotopic (exact) mass is 438 g/mol. The topological polar surface area (TPSA) is 41.4 Å². The molecule has 0 aliphatic carbocycles. The van der Waals surface area contributed by atoms with Crippen LogP contribution < -0.4 is 10.6 Å². The molecule has 1 saturated heterocycles. The number of thioether (sulfide) groups is 1. The number of aryl methyl sites for hydroxylation is 2. The molecule has 1 fully saturated rings. The Morgan fingerprint density at radius 3 is 2.68 bits per heavy atom. The number of likely N-dealkylation sites (N-methyl/N-ethyl adjacent to an activating group) is 1. The fourth-order valence-electron chi connectivity index (χ4n) is 4.92. The first kappa shape index (κ1) is 20.5. The molecule has 31 heavy (non-hydrogen) atoms. The number of hydrogen-bond acceptors (Lipinski definition) is 5. The third-order valence-corrected chi connectivity index (χ3v) is 7.58. The summed E-state index contributed by atoms with van der Waals surface area (Å²) in [6.07, 6.45) is 0.919. The Bertz CT molecular complexity index is 1210. The van der Waals surface area contributed by atoms with Crippen LogP contribution in [0, 0.1) is 12.7 Å². The molecule has 2 aromatic carbocycles. The first-order chi connectivity index (χ1) is 14.9. The molecule has 0 N–H and O–H groups in total. The average Bonchev–Trinajstić information content (AvgIpc) is 2.96. The standard InChI is InChI=1S/C24H27FN4OS/c1-15-13-19-21-22(20(15)17-5-7-18(25)8-6-17)31-12-4-9-29(21)24(30)26-23(19)28-11-10-27(3)14-16(28)2/h5-8,13,16H,4,9-12,14H2,1-3H3. The van der Waals surface area contributed by atoms with Crippen LogP contribution in [0.4, 0.5) is 10.2 Å². The van der Waals surface area contributed by atoms with Crippen molar-refractivity contribution in [3.8, 4) is 11.1 Å². The second kappa shape index (κ2) is 7.95. The lowest BCUT2D eigenvalue weighted by molar-refractivity contribution is 0.275. The van der Waals surface area contributed by atoms with Crippen molar-refractivity contribution < 1.29 is 4.39 Å². The summed E-state index contributed by atoms with van der Waals surface area (Å²) in [5.74, 6) is 1.50. The van der Waals surface area contributed by atoms with Crippen LogP contribution in [0.25, 0.3) is 22.0 Å². The van der Waals surface area contributed by atoms with E-state index >= 15 is 0 Å². The van der Waals surface area contributed by atoms with Gasteiger partial charge in [0.2, 0.25) is 0 Å². The normalized spacial score (nSPS) is 19.6. The number of halogens is 1. The summed E-state index contributed by atoms with van der Waals surface area (Å²) in [5, 5.41) is 1.05. The van der Waals surface area contributed by atoms with Gasteiger partial charge in [0.15, 0.2) is 0 Å². The predicted octanol–water partition coefficient (Wildman–Crippen LogP) is 4.15. The van der Waals surface area contributed by atoms with Gasteiger partial charge in [-0.1, -0.05) is 12.1 Å². The van der Waals surface area contributed by atoms with Gasteiger partial charge >= 0.3 is 5.69 Å². The van der Waals surface area contributed by atoms with Gasteiger partial charge in [0.1, 0.15) is 11.6 Å². The van der Waals surface area contributed by atoms with Crippen molar-refractivity contribution in [3.63, 3.8) is 0 Å². The fourth-order valence-corrected chi connectivity index (χ4v) is 6.17. The molecule has 3 aromatic rings. The minimum Gasteiger partial charge on any atom is -0.351 e. The van der Waals surface area contributed by atoms with Crippen LogP contribution in [0.3, 0.4) is 0 Å². The molecule has 0 amide bonds. The molecule has 2 aliphatic heterocycles. The van der Waals surface area contributed by atoms with Gasteiger partial charge in [-0.05, 0) is 62.4 Å². The highest BCUT2D eigenvalue weighted by molar-refractivity contribution is 7.99. The first-order valence-electron chi connectivity index (χ1n) is 10.9. The molecule has 5 rings (SSSR count). The van der Waals surface area contributed by atoms with Crippen molar-refractivity contribution >= 4 is 28.5 Å². The Labute approximate surface area is 185 Å². The zero-order valence-corrected chi connectivity index (χ0v) is 19.0. The molecule has 1 unspecified atom stereocenters. The maximum absolute atomic E-state index is 13.6. The van der Waals surface area contributed by atoms with E-state index in [1.54, 1.807) is 11.8 Å². The number of hydrogen-bond donors (Lipinski definition) is 0. The molecule has 1 aromatic heterocycles. The average molecular weight is 439 g/mol. The van der Waals surface area contributed by atoms with E-state index in [-0.39, 0.29) is 17.5 Å². The second-order valence-electron chi connectivity index (χ2n) is 8.68. The summed E-state index contributed by atoms with van der Waals surface area (Å²) in [4.78, 5) is 23.5. The lowest BCUT2D eigenvalue weighted by Crippen LogP contribution is -2.51. The van der Waals surface area contributed by atoms with E-state index in [4.69, 9.17) is 0 Å². The third kappa shape index (κ3) is 3.53. The van der Waals surface area contributed by atoms with Crippen LogP contribution in [0.5, 0.6) is 0 Å². The van der Waals surface area contributed by atoms with E-state index in [9.17, 15) is 9.18 Å². The van der Waals surface area contributed by atoms with Crippen LogP contribution in [0.1, 0.15) is 18.9 Å². The Morgan fingerprint density at radius 1 is 1.16 bits per heavy atom. The van der Waals surface area contributed by atoms with Crippen LogP contribution in [-0.2, 0) is 6.54 Å². The van der Waals surface area contributed by atoms with Crippen LogP contribution >= 0.6 is 11.8 Å². The molecule has 3 heterocycles. The van der Waals surface area contributed by atoms with Gasteiger partial charge in [-0.2, -0.15) is 4.98 Å². The van der Waals surface area contributed by atoms with E-state index in [0.29, 0.717) is 6.54 Å². The highest BCUT2D eigenvalue weighted by Gasteiger charge is 2.28. The molecule has 0 radical (unpaired) electrons. The molecule has 162 valence electrons. The fraction of sp³-hybridized carbons (Fsp3) is 0.417. The number of anilines is 1. The maximum Gasteiger partial charge on any atom is 0.350 e. The summed E-state index contributed by atoms with van der Waals surface area (Å²) in [5.41, 5.74) is 4.00. The largest absolute Gasteiger partial charge is 0.351 e. The smallest absolute Gasteiger partial charge is 0.350 e. The second-order valence-corrected chi connectivity index (χ2v) is 9.78. The third-order valence-electron chi connectivity index (χ3n) is 6.40. The van der Waals surface area contributed by atoms with Crippen molar-refractivity contribution in [1.29, 1.82) is 0 Å². The van der Waals surface area contributed by atoms with Gasteiger partial charge in [-0.25, -0.2) is 9.18 Å². The number of aromatic nitrogens is 2. The molecular weight excluding hydrogens is 411 g/mol. The number of piperazine rings is 1. The Morgan fingerprint density at radius 2 is 1.94 bits per heavy atom. The number of rotatable bonds is 2. The Hall–Kier alpha value is -2.38. The lowest BCUT2D eigenvalue weighted by Gasteiger charge is -2.39. The van der Waals surface area contributed by atoms with Crippen molar-refractivity contribution in [3.05, 3.63) is 52.2 Å². The highest BCUT2D eigenvalue weighted by atomic mass is 32.2. The summed E-state index contributed by atoms with van der Waals surface area (Å²) in [7, 11) is 2.13. The Balaban J connectivity index is 1.80. The molecule has 1 atom stereocenters. The molecule has 2 aliphatic rings. The summed E-state index contributed by atoms with van der Waals surface area (Å²) >= 11 is 1.80. The van der Waals surface area contributed by atoms with Gasteiger partial charge in [0.05, 0.1) is 5.52 Å². The van der Waals surface area contributed by atoms with Gasteiger partial charge in [0, 0.05) is 48.1 Å². The minimum absolute atomic E-state index is 0.175. The zero-order chi connectivity index (χ0) is 21.7. The number of nitrogens with zero attached hydrogens (tertiary/aromatic N) is 4. The molecule has 0 bridgehead atoms. The van der Waals surface area contributed by atoms with E-state index < -0.39 is 0 Å². The van der Waals surface area contributed by atoms with Gasteiger partial charge in [-0.15, -0.1) is 11.8 Å². The van der Waals surface area contributed by atoms with E-state index in [0.717, 1.165) is 70.1 Å². The summed E-state index contributed by atoms with van der Waals surface area (Å²) < 4.78 is 15.4. The van der Waals surface area contributed by atoms with Crippen LogP contribution in [0.2, 0.25) is 0 Å². The predicted molar refractivity (Wildman–Crippen MR) is 126 cm³/mol. The number of benzene rings is 2. The van der Waals surface area contributed by atoms with Gasteiger partial charge < -0.3 is 9.80 Å². The summed E-state index contributed by atoms with van der Waals surface area (Å²) in [6.45, 7) is 7.72.